The summed E-state index contributed by atoms with van der Waals surface area (Å²) < 4.78 is 0. The molecule has 0 bridgehead atoms. The van der Waals surface area contributed by atoms with Crippen molar-refractivity contribution in [3.63, 3.8) is 0 Å². The number of hydrogen-bond donors (Lipinski definition) is 0. The van der Waals surface area contributed by atoms with Gasteiger partial charge < -0.3 is 9.80 Å². The lowest BCUT2D eigenvalue weighted by molar-refractivity contribution is 0.0793. The van der Waals surface area contributed by atoms with Crippen LogP contribution in [-0.2, 0) is 13.1 Å². The predicted octanol–water partition coefficient (Wildman–Crippen LogP) is 4.54. The first-order chi connectivity index (χ1) is 14.2. The Morgan fingerprint density at radius 2 is 1.48 bits per heavy atom. The zero-order chi connectivity index (χ0) is 20.1. The summed E-state index contributed by atoms with van der Waals surface area (Å²) in [6.07, 6.45) is 6.22. The monoisotopic (exact) mass is 391 g/mol. The summed E-state index contributed by atoms with van der Waals surface area (Å²) in [6, 6.07) is 17.0. The van der Waals surface area contributed by atoms with Crippen LogP contribution in [0.15, 0.2) is 48.5 Å². The SMILES string of the molecule is CN(Cc1ccc(C(=O)N2CCCC2)cc1)Cc1ccccc1N1CCCCC1. The highest BCUT2D eigenvalue weighted by Crippen LogP contribution is 2.25. The molecule has 0 aliphatic carbocycles. The van der Waals surface area contributed by atoms with Crippen LogP contribution in [0, 0.1) is 0 Å². The molecule has 2 fully saturated rings. The second-order valence-corrected chi connectivity index (χ2v) is 8.54. The van der Waals surface area contributed by atoms with E-state index in [1.54, 1.807) is 0 Å². The molecule has 154 valence electrons. The summed E-state index contributed by atoms with van der Waals surface area (Å²) in [5.41, 5.74) is 4.86. The molecule has 1 amide bonds. The van der Waals surface area contributed by atoms with E-state index in [1.807, 2.05) is 17.0 Å². The summed E-state index contributed by atoms with van der Waals surface area (Å²) in [5.74, 6) is 0.179. The fraction of sp³-hybridized carbons (Fsp3) is 0.480. The molecule has 4 nitrogen and oxygen atoms in total. The predicted molar refractivity (Wildman–Crippen MR) is 119 cm³/mol. The van der Waals surface area contributed by atoms with Crippen molar-refractivity contribution in [1.82, 2.24) is 9.80 Å². The number of nitrogens with zero attached hydrogens (tertiary/aromatic N) is 3. The van der Waals surface area contributed by atoms with E-state index in [4.69, 9.17) is 0 Å². The number of benzene rings is 2. The minimum atomic E-state index is 0.179. The first kappa shape index (κ1) is 20.0. The van der Waals surface area contributed by atoms with Crippen molar-refractivity contribution in [2.24, 2.45) is 0 Å². The second-order valence-electron chi connectivity index (χ2n) is 8.54. The van der Waals surface area contributed by atoms with Gasteiger partial charge in [-0.25, -0.2) is 0 Å². The highest BCUT2D eigenvalue weighted by molar-refractivity contribution is 5.94. The highest BCUT2D eigenvalue weighted by Gasteiger charge is 2.19. The van der Waals surface area contributed by atoms with Gasteiger partial charge in [0, 0.05) is 50.5 Å². The molecule has 0 aromatic heterocycles. The van der Waals surface area contributed by atoms with E-state index in [2.05, 4.69) is 53.2 Å². The van der Waals surface area contributed by atoms with Gasteiger partial charge in [0.05, 0.1) is 0 Å². The lowest BCUT2D eigenvalue weighted by Gasteiger charge is -2.31. The Kier molecular flexibility index (Phi) is 6.50. The van der Waals surface area contributed by atoms with Crippen molar-refractivity contribution in [2.75, 3.05) is 38.1 Å². The molecule has 0 unspecified atom stereocenters. The number of amides is 1. The molecule has 29 heavy (non-hydrogen) atoms. The van der Waals surface area contributed by atoms with Crippen LogP contribution < -0.4 is 4.90 Å². The largest absolute Gasteiger partial charge is 0.371 e. The van der Waals surface area contributed by atoms with Gasteiger partial charge in [-0.15, -0.1) is 0 Å². The summed E-state index contributed by atoms with van der Waals surface area (Å²) in [6.45, 7) is 5.97. The Morgan fingerprint density at radius 1 is 0.828 bits per heavy atom. The zero-order valence-electron chi connectivity index (χ0n) is 17.6. The van der Waals surface area contributed by atoms with E-state index < -0.39 is 0 Å². The van der Waals surface area contributed by atoms with Gasteiger partial charge in [0.25, 0.3) is 5.91 Å². The number of anilines is 1. The number of carbonyl (C=O) groups excluding carboxylic acids is 1. The quantitative estimate of drug-likeness (QED) is 0.723. The van der Waals surface area contributed by atoms with Crippen LogP contribution >= 0.6 is 0 Å². The molecule has 2 heterocycles. The van der Waals surface area contributed by atoms with E-state index in [9.17, 15) is 4.79 Å². The Hall–Kier alpha value is -2.33. The molecule has 2 saturated heterocycles. The Labute approximate surface area is 175 Å². The summed E-state index contributed by atoms with van der Waals surface area (Å²) in [7, 11) is 2.18. The maximum atomic E-state index is 12.5. The fourth-order valence-electron chi connectivity index (χ4n) is 4.60. The highest BCUT2D eigenvalue weighted by atomic mass is 16.2. The topological polar surface area (TPSA) is 26.8 Å². The molecule has 2 aliphatic heterocycles. The maximum absolute atomic E-state index is 12.5. The molecule has 0 atom stereocenters. The van der Waals surface area contributed by atoms with Gasteiger partial charge >= 0.3 is 0 Å². The number of rotatable bonds is 6. The van der Waals surface area contributed by atoms with E-state index in [1.165, 1.54) is 49.2 Å². The minimum Gasteiger partial charge on any atom is -0.371 e. The molecule has 4 rings (SSSR count). The summed E-state index contributed by atoms with van der Waals surface area (Å²) in [4.78, 5) is 19.4. The molecule has 0 radical (unpaired) electrons. The third kappa shape index (κ3) is 4.99. The zero-order valence-corrected chi connectivity index (χ0v) is 17.6. The van der Waals surface area contributed by atoms with Crippen LogP contribution in [-0.4, -0.2) is 48.9 Å². The third-order valence-corrected chi connectivity index (χ3v) is 6.18. The van der Waals surface area contributed by atoms with Crippen molar-refractivity contribution in [1.29, 1.82) is 0 Å². The number of likely N-dealkylation sites (tertiary alicyclic amines) is 1. The van der Waals surface area contributed by atoms with Crippen LogP contribution in [0.2, 0.25) is 0 Å². The number of carbonyl (C=O) groups is 1. The summed E-state index contributed by atoms with van der Waals surface area (Å²) in [5, 5.41) is 0. The normalized spacial score (nSPS) is 17.2. The molecular weight excluding hydrogens is 358 g/mol. The lowest BCUT2D eigenvalue weighted by Crippen LogP contribution is -2.31. The van der Waals surface area contributed by atoms with Gasteiger partial charge in [0.1, 0.15) is 0 Å². The van der Waals surface area contributed by atoms with Crippen LogP contribution in [0.5, 0.6) is 0 Å². The van der Waals surface area contributed by atoms with Crippen molar-refractivity contribution < 1.29 is 4.79 Å². The van der Waals surface area contributed by atoms with Crippen LogP contribution in [0.1, 0.15) is 53.6 Å². The van der Waals surface area contributed by atoms with E-state index in [0.29, 0.717) is 0 Å². The Bertz CT molecular complexity index is 805. The van der Waals surface area contributed by atoms with E-state index in [-0.39, 0.29) is 5.91 Å². The first-order valence-corrected chi connectivity index (χ1v) is 11.1. The van der Waals surface area contributed by atoms with Gasteiger partial charge in [-0.05, 0) is 68.5 Å². The fourth-order valence-corrected chi connectivity index (χ4v) is 4.60. The maximum Gasteiger partial charge on any atom is 0.253 e. The molecule has 4 heteroatoms. The molecule has 0 spiro atoms. The summed E-state index contributed by atoms with van der Waals surface area (Å²) >= 11 is 0. The smallest absolute Gasteiger partial charge is 0.253 e. The Balaban J connectivity index is 1.37. The molecule has 2 aromatic carbocycles. The average molecular weight is 392 g/mol. The first-order valence-electron chi connectivity index (χ1n) is 11.1. The van der Waals surface area contributed by atoms with Crippen LogP contribution in [0.4, 0.5) is 5.69 Å². The average Bonchev–Trinajstić information content (AvgIpc) is 3.30. The molecule has 2 aromatic rings. The number of hydrogen-bond acceptors (Lipinski definition) is 3. The molecule has 0 saturated carbocycles. The van der Waals surface area contributed by atoms with E-state index in [0.717, 1.165) is 44.6 Å². The van der Waals surface area contributed by atoms with Crippen molar-refractivity contribution in [3.8, 4) is 0 Å². The standard InChI is InChI=1S/C25H33N3O/c1-26(20-23-9-3-4-10-24(23)27-15-5-2-6-16-27)19-21-11-13-22(14-12-21)25(29)28-17-7-8-18-28/h3-4,9-14H,2,5-8,15-20H2,1H3. The molecule has 2 aliphatic rings. The van der Waals surface area contributed by atoms with Crippen LogP contribution in [0.3, 0.4) is 0 Å². The van der Waals surface area contributed by atoms with E-state index >= 15 is 0 Å². The van der Waals surface area contributed by atoms with Gasteiger partial charge in [0.2, 0.25) is 0 Å². The molecule has 0 N–H and O–H groups in total. The number of para-hydroxylation sites is 1. The second kappa shape index (κ2) is 9.45. The van der Waals surface area contributed by atoms with Crippen molar-refractivity contribution in [3.05, 3.63) is 65.2 Å². The molecular formula is C25H33N3O. The Morgan fingerprint density at radius 3 is 2.21 bits per heavy atom. The van der Waals surface area contributed by atoms with Crippen molar-refractivity contribution in [2.45, 2.75) is 45.2 Å². The number of piperidine rings is 1. The third-order valence-electron chi connectivity index (χ3n) is 6.18. The van der Waals surface area contributed by atoms with Crippen LogP contribution in [0.25, 0.3) is 0 Å². The van der Waals surface area contributed by atoms with Gasteiger partial charge in [-0.1, -0.05) is 30.3 Å². The minimum absolute atomic E-state index is 0.179. The van der Waals surface area contributed by atoms with Crippen molar-refractivity contribution >= 4 is 11.6 Å². The van der Waals surface area contributed by atoms with Gasteiger partial charge in [-0.3, -0.25) is 9.69 Å². The van der Waals surface area contributed by atoms with Gasteiger partial charge in [-0.2, -0.15) is 0 Å². The lowest BCUT2D eigenvalue weighted by atomic mass is 10.1. The van der Waals surface area contributed by atoms with Gasteiger partial charge in [0.15, 0.2) is 0 Å².